The second-order valence-corrected chi connectivity index (χ2v) is 58.5. The number of rotatable bonds is 1. The fourth-order valence-corrected chi connectivity index (χ4v) is 47.2. The smallest absolute Gasteiger partial charge is 0.374 e. The largest absolute Gasteiger partial charge is 0.389 e. The Kier molecular flexibility index (Phi) is 25.9. The number of hydrogen-bond acceptors (Lipinski definition) is 2. The molecule has 4 saturated heterocycles. The van der Waals surface area contributed by atoms with Gasteiger partial charge in [0.25, 0.3) is 0 Å². The van der Waals surface area contributed by atoms with E-state index >= 15 is 0 Å². The maximum Gasteiger partial charge on any atom is 0.389 e. The van der Waals surface area contributed by atoms with E-state index in [2.05, 4.69) is 192 Å². The summed E-state index contributed by atoms with van der Waals surface area (Å²) in [5.74, 6) is 61.2. The molecule has 25 aliphatic carbocycles. The van der Waals surface area contributed by atoms with Crippen molar-refractivity contribution in [3.63, 3.8) is 0 Å². The van der Waals surface area contributed by atoms with Crippen molar-refractivity contribution >= 4 is 11.8 Å². The molecule has 0 N–H and O–H groups in total. The SMILES string of the molecule is CC1C(C)C2CC1C(C)C2C.CC1C(C)C2CC1C1C3CC(C21)C(C(C)(C)C)C3.CC1C(C)C2CC1C1C3CC(C4C5CCC(C5)C34)C21.CC1C(C)C2CC1C1C3CCC(C3)C21.CC1C2CC(CC(F)(F)F)C(C2)C1C.CC1C2CCC(C2)C1C.CC1C2CCC(O2)C1C.CC1C2CCC(S2)C1C.CC1CC2C3CCC(C3)C2C1C.CC1CC2CC1C(C)C2C. The third-order valence-corrected chi connectivity index (χ3v) is 55.4. The molecule has 712 valence electrons. The van der Waals surface area contributed by atoms with Gasteiger partial charge in [-0.3, -0.25) is 0 Å². The molecule has 25 saturated carbocycles. The lowest BCUT2D eigenvalue weighted by molar-refractivity contribution is -0.150. The summed E-state index contributed by atoms with van der Waals surface area (Å²) in [4.78, 5) is 0. The third-order valence-electron chi connectivity index (χ3n) is 53.4. The highest BCUT2D eigenvalue weighted by Crippen LogP contribution is 2.79. The Hall–Kier alpha value is 0.100. The molecule has 61 atom stereocenters. The van der Waals surface area contributed by atoms with Crippen LogP contribution in [-0.4, -0.2) is 28.9 Å². The summed E-state index contributed by atoms with van der Waals surface area (Å²) in [6.07, 6.45) is 39.2. The number of alkyl halides is 3. The molecule has 0 aromatic rings. The lowest BCUT2D eigenvalue weighted by Gasteiger charge is -2.48. The fraction of sp³-hybridized carbons (Fsp3) is 1.00. The predicted octanol–water partition coefficient (Wildman–Crippen LogP) is 33.2. The zero-order chi connectivity index (χ0) is 88.3. The van der Waals surface area contributed by atoms with Gasteiger partial charge >= 0.3 is 6.18 Å². The van der Waals surface area contributed by atoms with Crippen molar-refractivity contribution < 1.29 is 17.9 Å². The minimum absolute atomic E-state index is 0.0776. The Morgan fingerprint density at radius 2 is 0.544 bits per heavy atom. The summed E-state index contributed by atoms with van der Waals surface area (Å²) < 4.78 is 42.5. The van der Waals surface area contributed by atoms with Crippen LogP contribution in [0.1, 0.15) is 366 Å². The first kappa shape index (κ1) is 92.8. The second kappa shape index (κ2) is 34.9. The van der Waals surface area contributed by atoms with Gasteiger partial charge in [0.15, 0.2) is 0 Å². The summed E-state index contributed by atoms with van der Waals surface area (Å²) in [5, 5.41) is 2.06. The molecule has 125 heavy (non-hydrogen) atoms. The van der Waals surface area contributed by atoms with Gasteiger partial charge < -0.3 is 4.74 Å². The Balaban J connectivity index is 0.0000000888. The molecule has 0 amide bonds. The number of halogens is 3. The molecule has 28 bridgehead atoms. The van der Waals surface area contributed by atoms with Crippen molar-refractivity contribution in [3.8, 4) is 0 Å². The first-order valence-corrected chi connectivity index (χ1v) is 58.6. The van der Waals surface area contributed by atoms with Crippen LogP contribution in [0.2, 0.25) is 0 Å². The molecule has 4 aliphatic heterocycles. The van der Waals surface area contributed by atoms with Crippen LogP contribution in [-0.2, 0) is 4.74 Å². The zero-order valence-electron chi connectivity index (χ0n) is 85.8. The number of hydrogen-bond donors (Lipinski definition) is 0. The number of thioether (sulfide) groups is 1. The molecule has 5 heteroatoms. The lowest BCUT2D eigenvalue weighted by atomic mass is 9.57. The van der Waals surface area contributed by atoms with Gasteiger partial charge in [0.2, 0.25) is 0 Å². The molecule has 61 unspecified atom stereocenters. The van der Waals surface area contributed by atoms with Crippen molar-refractivity contribution in [2.24, 2.45) is 355 Å². The Morgan fingerprint density at radius 3 is 0.896 bits per heavy atom. The third kappa shape index (κ3) is 15.5. The van der Waals surface area contributed by atoms with E-state index in [-0.39, 0.29) is 5.92 Å². The first-order chi connectivity index (χ1) is 59.3. The average molecular weight is 1750 g/mol. The minimum atomic E-state index is -3.96. The molecule has 1 nitrogen and oxygen atoms in total. The van der Waals surface area contributed by atoms with Crippen molar-refractivity contribution in [2.45, 2.75) is 395 Å². The summed E-state index contributed by atoms with van der Waals surface area (Å²) in [6, 6.07) is 0. The van der Waals surface area contributed by atoms with Crippen molar-refractivity contribution in [3.05, 3.63) is 0 Å². The van der Waals surface area contributed by atoms with Crippen LogP contribution >= 0.6 is 11.8 Å². The van der Waals surface area contributed by atoms with Crippen LogP contribution in [0, 0.1) is 355 Å². The predicted molar refractivity (Wildman–Crippen MR) is 520 cm³/mol. The van der Waals surface area contributed by atoms with E-state index in [1.165, 1.54) is 122 Å². The maximum absolute atomic E-state index is 12.3. The molecule has 0 aromatic heterocycles. The molecule has 0 aromatic carbocycles. The van der Waals surface area contributed by atoms with E-state index < -0.39 is 12.6 Å². The topological polar surface area (TPSA) is 9.23 Å². The van der Waals surface area contributed by atoms with Crippen LogP contribution in [0.25, 0.3) is 0 Å². The molecule has 0 radical (unpaired) electrons. The number of ether oxygens (including phenoxy) is 1. The van der Waals surface area contributed by atoms with Gasteiger partial charge in [-0.25, -0.2) is 0 Å². The minimum Gasteiger partial charge on any atom is -0.374 e. The monoisotopic (exact) mass is 1750 g/mol. The maximum atomic E-state index is 12.3. The molecule has 29 fully saturated rings. The van der Waals surface area contributed by atoms with E-state index in [1.807, 2.05) is 0 Å². The Bertz CT molecular complexity index is 3430. The second-order valence-electron chi connectivity index (χ2n) is 57.1. The standard InChI is InChI=1S/C19H28.C18H30.C14H22.C12H20.C11H17F3.C11H20.C10H18.C9H16.C8H14O.C8H14S/c1-8-9(2)13-6-12(8)18-14-7-15(19(13)18)17-11-4-3-10(5-11)16(14)17;1-9-10(2)13-8-12(9)16-11-6-14(17(13)16)15(7-11)18(3,4)5;1-7-8(2)12-6-11(7)13-9-3-4-10(5-9)14(12)13;1-7-5-11-9-3-4-10(6-9)12(11)8(7)2;1-6-7(2)10-4-8(6)3-9(10)5-11(12,13)14;1-6-7(2)11-5-10(6)8(3)9(11)4;1-6-4-9-5-10(6)8(3)7(9)2;1-6-7(2)9-4-3-8(6)5-9;2*1-5-6(2)8-4-3-7(5)9-8/h8-19H,3-7H2,1-2H3;9-17H,6-8H2,1-5H3;7-14H,3-6H2,1-2H3;7-12H,3-6H2,1-2H3;6-10H,3-5H2,1-2H3;6-11H,5H2,1-4H3;6-10H,4-5H2,1-3H3;6-9H,3-5H2,1-2H3;2*5-8H,3-4H2,1-2H3. The van der Waals surface area contributed by atoms with Crippen LogP contribution in [0.15, 0.2) is 0 Å². The van der Waals surface area contributed by atoms with Gasteiger partial charge in [-0.2, -0.15) is 24.9 Å². The van der Waals surface area contributed by atoms with Crippen molar-refractivity contribution in [1.29, 1.82) is 0 Å². The quantitative estimate of drug-likeness (QED) is 0.242. The van der Waals surface area contributed by atoms with Crippen LogP contribution < -0.4 is 0 Å². The molecule has 0 spiro atoms. The van der Waals surface area contributed by atoms with Gasteiger partial charge in [0.05, 0.1) is 12.2 Å². The van der Waals surface area contributed by atoms with Crippen LogP contribution in [0.3, 0.4) is 0 Å². The lowest BCUT2D eigenvalue weighted by Crippen LogP contribution is -2.44. The van der Waals surface area contributed by atoms with Gasteiger partial charge in [0.1, 0.15) is 0 Å². The van der Waals surface area contributed by atoms with Gasteiger partial charge in [-0.1, -0.05) is 180 Å². The van der Waals surface area contributed by atoms with E-state index in [0.29, 0.717) is 41.3 Å². The summed E-state index contributed by atoms with van der Waals surface area (Å²) >= 11 is 2.25. The first-order valence-electron chi connectivity index (χ1n) is 57.6. The van der Waals surface area contributed by atoms with E-state index in [4.69, 9.17) is 4.74 Å². The summed E-state index contributed by atoms with van der Waals surface area (Å²) in [5.41, 5.74) is 0.557. The molecule has 4 heterocycles. The highest BCUT2D eigenvalue weighted by Gasteiger charge is 2.73. The van der Waals surface area contributed by atoms with Gasteiger partial charge in [-0.15, -0.1) is 0 Å². The van der Waals surface area contributed by atoms with E-state index in [9.17, 15) is 13.2 Å². The summed E-state index contributed by atoms with van der Waals surface area (Å²) in [7, 11) is 0. The van der Waals surface area contributed by atoms with Crippen LogP contribution in [0.4, 0.5) is 13.2 Å². The van der Waals surface area contributed by atoms with E-state index in [0.717, 1.165) is 272 Å². The molecule has 29 rings (SSSR count). The fourth-order valence-electron chi connectivity index (χ4n) is 45.3. The Morgan fingerprint density at radius 1 is 0.216 bits per heavy atom. The highest BCUT2D eigenvalue weighted by atomic mass is 32.2. The summed E-state index contributed by atoms with van der Waals surface area (Å²) in [6.45, 7) is 63.7. The Labute approximate surface area is 774 Å². The van der Waals surface area contributed by atoms with Crippen molar-refractivity contribution in [2.75, 3.05) is 0 Å². The molecule has 29 aliphatic rings. The zero-order valence-corrected chi connectivity index (χ0v) is 86.6. The molecular weight excluding hydrogens is 1550 g/mol. The average Bonchev–Trinajstić information content (AvgIpc) is 1.50. The number of fused-ring (bicyclic) bond motifs is 51. The highest BCUT2D eigenvalue weighted by molar-refractivity contribution is 8.01. The van der Waals surface area contributed by atoms with Crippen LogP contribution in [0.5, 0.6) is 0 Å². The van der Waals surface area contributed by atoms with Crippen molar-refractivity contribution in [1.82, 2.24) is 0 Å². The molecular formula is C120H199F3OS. The normalized spacial score (nSPS) is 61.8. The van der Waals surface area contributed by atoms with E-state index in [1.54, 1.807) is 116 Å². The van der Waals surface area contributed by atoms with Gasteiger partial charge in [-0.05, 0) is 534 Å². The van der Waals surface area contributed by atoms with Gasteiger partial charge in [0, 0.05) is 16.9 Å².